The lowest BCUT2D eigenvalue weighted by atomic mass is 9.79. The van der Waals surface area contributed by atoms with Gasteiger partial charge in [-0.2, -0.15) is 0 Å². The first-order valence-corrected chi connectivity index (χ1v) is 7.66. The summed E-state index contributed by atoms with van der Waals surface area (Å²) in [6.45, 7) is 7.09. The van der Waals surface area contributed by atoms with Gasteiger partial charge in [-0.1, -0.05) is 13.8 Å². The zero-order chi connectivity index (χ0) is 12.3. The highest BCUT2D eigenvalue weighted by molar-refractivity contribution is 4.89. The molecule has 2 N–H and O–H groups in total. The Morgan fingerprint density at radius 3 is 2.47 bits per heavy atom. The number of rotatable bonds is 4. The maximum atomic E-state index is 5.66. The van der Waals surface area contributed by atoms with Crippen molar-refractivity contribution in [3.8, 4) is 0 Å². The molecule has 1 heterocycles. The zero-order valence-corrected chi connectivity index (χ0v) is 11.7. The van der Waals surface area contributed by atoms with Gasteiger partial charge in [0.2, 0.25) is 0 Å². The van der Waals surface area contributed by atoms with Crippen LogP contribution in [0.2, 0.25) is 0 Å². The van der Waals surface area contributed by atoms with Gasteiger partial charge in [-0.15, -0.1) is 0 Å². The number of hydrogen-bond donors (Lipinski definition) is 1. The van der Waals surface area contributed by atoms with Crippen molar-refractivity contribution in [1.29, 1.82) is 0 Å². The molecule has 0 radical (unpaired) electrons. The van der Waals surface area contributed by atoms with E-state index in [0.717, 1.165) is 30.5 Å². The van der Waals surface area contributed by atoms with Crippen LogP contribution in [0.25, 0.3) is 0 Å². The summed E-state index contributed by atoms with van der Waals surface area (Å²) >= 11 is 0. The van der Waals surface area contributed by atoms with Crippen molar-refractivity contribution in [2.24, 2.45) is 17.6 Å². The molecular weight excluding hydrogens is 208 g/mol. The molecule has 3 unspecified atom stereocenters. The van der Waals surface area contributed by atoms with Gasteiger partial charge in [0.15, 0.2) is 0 Å². The molecule has 100 valence electrons. The Kier molecular flexibility index (Phi) is 4.87. The second-order valence-electron chi connectivity index (χ2n) is 6.54. The molecule has 0 spiro atoms. The molecule has 2 heteroatoms. The first-order chi connectivity index (χ1) is 8.20. The summed E-state index contributed by atoms with van der Waals surface area (Å²) in [5.41, 5.74) is 5.66. The number of hydrogen-bond acceptors (Lipinski definition) is 2. The second kappa shape index (κ2) is 6.19. The van der Waals surface area contributed by atoms with E-state index < -0.39 is 0 Å². The summed E-state index contributed by atoms with van der Waals surface area (Å²) in [5, 5.41) is 0. The van der Waals surface area contributed by atoms with Crippen molar-refractivity contribution in [3.63, 3.8) is 0 Å². The fourth-order valence-corrected chi connectivity index (χ4v) is 4.18. The van der Waals surface area contributed by atoms with E-state index in [4.69, 9.17) is 5.73 Å². The minimum absolute atomic E-state index is 0.848. The lowest BCUT2D eigenvalue weighted by molar-refractivity contribution is 0.0947. The summed E-state index contributed by atoms with van der Waals surface area (Å²) in [5.74, 6) is 1.86. The number of likely N-dealkylation sites (tertiary alicyclic amines) is 1. The van der Waals surface area contributed by atoms with Crippen LogP contribution < -0.4 is 5.73 Å². The Balaban J connectivity index is 1.90. The van der Waals surface area contributed by atoms with Gasteiger partial charge < -0.3 is 5.73 Å². The fourth-order valence-electron chi connectivity index (χ4n) is 4.18. The Bertz CT molecular complexity index is 219. The SMILES string of the molecule is CC1CC(C)CC(N2CCCC2CCCN)C1. The van der Waals surface area contributed by atoms with Crippen LogP contribution in [0.4, 0.5) is 0 Å². The van der Waals surface area contributed by atoms with Crippen molar-refractivity contribution in [1.82, 2.24) is 4.90 Å². The van der Waals surface area contributed by atoms with Crippen LogP contribution in [0.1, 0.15) is 58.8 Å². The minimum Gasteiger partial charge on any atom is -0.330 e. The van der Waals surface area contributed by atoms with Crippen LogP contribution >= 0.6 is 0 Å². The van der Waals surface area contributed by atoms with E-state index in [9.17, 15) is 0 Å². The third kappa shape index (κ3) is 3.45. The summed E-state index contributed by atoms with van der Waals surface area (Å²) < 4.78 is 0. The molecule has 0 aromatic heterocycles. The van der Waals surface area contributed by atoms with Crippen molar-refractivity contribution in [2.75, 3.05) is 13.1 Å². The fraction of sp³-hybridized carbons (Fsp3) is 1.00. The summed E-state index contributed by atoms with van der Waals surface area (Å²) in [6.07, 6.45) is 9.67. The van der Waals surface area contributed by atoms with Crippen molar-refractivity contribution in [2.45, 2.75) is 70.9 Å². The van der Waals surface area contributed by atoms with E-state index in [1.807, 2.05) is 0 Å². The first-order valence-electron chi connectivity index (χ1n) is 7.66. The van der Waals surface area contributed by atoms with Gasteiger partial charge in [0.1, 0.15) is 0 Å². The predicted molar refractivity (Wildman–Crippen MR) is 74.0 cm³/mol. The summed E-state index contributed by atoms with van der Waals surface area (Å²) in [6, 6.07) is 1.72. The Hall–Kier alpha value is -0.0800. The van der Waals surface area contributed by atoms with Crippen LogP contribution in [-0.2, 0) is 0 Å². The molecule has 3 atom stereocenters. The molecule has 0 amide bonds. The van der Waals surface area contributed by atoms with E-state index in [1.54, 1.807) is 0 Å². The molecule has 2 aliphatic rings. The highest BCUT2D eigenvalue weighted by Crippen LogP contribution is 2.35. The summed E-state index contributed by atoms with van der Waals surface area (Å²) in [7, 11) is 0. The van der Waals surface area contributed by atoms with Gasteiger partial charge in [0.25, 0.3) is 0 Å². The van der Waals surface area contributed by atoms with Gasteiger partial charge in [0.05, 0.1) is 0 Å². The molecule has 2 rings (SSSR count). The molecule has 2 fully saturated rings. The molecule has 1 aliphatic carbocycles. The monoisotopic (exact) mass is 238 g/mol. The van der Waals surface area contributed by atoms with Crippen LogP contribution in [-0.4, -0.2) is 30.1 Å². The van der Waals surface area contributed by atoms with Gasteiger partial charge in [-0.05, 0) is 69.9 Å². The minimum atomic E-state index is 0.848. The van der Waals surface area contributed by atoms with E-state index in [1.165, 1.54) is 51.5 Å². The molecule has 1 saturated heterocycles. The third-order valence-electron chi connectivity index (χ3n) is 4.79. The standard InChI is InChI=1S/C15H30N2/c1-12-9-13(2)11-15(10-12)17-8-4-6-14(17)5-3-7-16/h12-15H,3-11,16H2,1-2H3. The van der Waals surface area contributed by atoms with Crippen molar-refractivity contribution < 1.29 is 0 Å². The normalized spacial score (nSPS) is 39.7. The molecule has 0 aromatic rings. The Morgan fingerprint density at radius 1 is 1.12 bits per heavy atom. The van der Waals surface area contributed by atoms with Gasteiger partial charge >= 0.3 is 0 Å². The number of nitrogens with two attached hydrogens (primary N) is 1. The van der Waals surface area contributed by atoms with E-state index in [0.29, 0.717) is 0 Å². The van der Waals surface area contributed by atoms with Crippen molar-refractivity contribution in [3.05, 3.63) is 0 Å². The van der Waals surface area contributed by atoms with Crippen molar-refractivity contribution >= 4 is 0 Å². The number of nitrogens with zero attached hydrogens (tertiary/aromatic N) is 1. The van der Waals surface area contributed by atoms with Crippen LogP contribution in [0.5, 0.6) is 0 Å². The first kappa shape index (κ1) is 13.4. The highest BCUT2D eigenvalue weighted by Gasteiger charge is 2.34. The van der Waals surface area contributed by atoms with Gasteiger partial charge in [-0.25, -0.2) is 0 Å². The lowest BCUT2D eigenvalue weighted by Crippen LogP contribution is -2.43. The predicted octanol–water partition coefficient (Wildman–Crippen LogP) is 3.01. The van der Waals surface area contributed by atoms with Crippen LogP contribution in [0.15, 0.2) is 0 Å². The molecule has 0 bridgehead atoms. The smallest absolute Gasteiger partial charge is 0.0103 e. The molecule has 2 nitrogen and oxygen atoms in total. The molecule has 0 aromatic carbocycles. The van der Waals surface area contributed by atoms with E-state index in [2.05, 4.69) is 18.7 Å². The quantitative estimate of drug-likeness (QED) is 0.816. The summed E-state index contributed by atoms with van der Waals surface area (Å²) in [4.78, 5) is 2.84. The van der Waals surface area contributed by atoms with Gasteiger partial charge in [-0.3, -0.25) is 4.90 Å². The molecule has 1 saturated carbocycles. The average Bonchev–Trinajstić information content (AvgIpc) is 2.73. The zero-order valence-electron chi connectivity index (χ0n) is 11.7. The Morgan fingerprint density at radius 2 is 1.82 bits per heavy atom. The van der Waals surface area contributed by atoms with E-state index in [-0.39, 0.29) is 0 Å². The lowest BCUT2D eigenvalue weighted by Gasteiger charge is -2.40. The van der Waals surface area contributed by atoms with E-state index >= 15 is 0 Å². The third-order valence-corrected chi connectivity index (χ3v) is 4.79. The maximum absolute atomic E-state index is 5.66. The topological polar surface area (TPSA) is 29.3 Å². The van der Waals surface area contributed by atoms with Gasteiger partial charge in [0, 0.05) is 12.1 Å². The van der Waals surface area contributed by atoms with Crippen LogP contribution in [0.3, 0.4) is 0 Å². The maximum Gasteiger partial charge on any atom is 0.0103 e. The average molecular weight is 238 g/mol. The molecule has 17 heavy (non-hydrogen) atoms. The molecular formula is C15H30N2. The van der Waals surface area contributed by atoms with Crippen LogP contribution in [0, 0.1) is 11.8 Å². The molecule has 1 aliphatic heterocycles. The largest absolute Gasteiger partial charge is 0.330 e. The highest BCUT2D eigenvalue weighted by atomic mass is 15.2. The second-order valence-corrected chi connectivity index (χ2v) is 6.54. The Labute approximate surface area is 107 Å².